The predicted molar refractivity (Wildman–Crippen MR) is 118 cm³/mol. The summed E-state index contributed by atoms with van der Waals surface area (Å²) in [6.45, 7) is 3.84. The van der Waals surface area contributed by atoms with Crippen LogP contribution in [-0.2, 0) is 13.0 Å². The summed E-state index contributed by atoms with van der Waals surface area (Å²) < 4.78 is 34.1. The summed E-state index contributed by atoms with van der Waals surface area (Å²) in [6.07, 6.45) is 4.62. The molecule has 1 aromatic heterocycles. The molecular formula is C25H26F2N2O2. The molecule has 1 aliphatic heterocycles. The molecule has 1 saturated carbocycles. The number of pyridine rings is 1. The number of fused-ring (bicyclic) bond motifs is 2. The van der Waals surface area contributed by atoms with Crippen LogP contribution >= 0.6 is 0 Å². The first-order chi connectivity index (χ1) is 14.7. The number of halogens is 2. The van der Waals surface area contributed by atoms with E-state index in [4.69, 9.17) is 4.74 Å². The van der Waals surface area contributed by atoms with Crippen LogP contribution in [-0.4, -0.2) is 16.7 Å². The number of benzene rings is 2. The van der Waals surface area contributed by atoms with Crippen molar-refractivity contribution < 1.29 is 13.5 Å². The van der Waals surface area contributed by atoms with E-state index in [1.807, 2.05) is 16.7 Å². The third-order valence-corrected chi connectivity index (χ3v) is 6.38. The Labute approximate surface area is 179 Å². The summed E-state index contributed by atoms with van der Waals surface area (Å²) in [4.78, 5) is 12.8. The zero-order chi connectivity index (χ0) is 21.9. The molecule has 2 heterocycles. The molecule has 0 atom stereocenters. The first kappa shape index (κ1) is 20.2. The van der Waals surface area contributed by atoms with E-state index >= 15 is 0 Å². The molecule has 3 aromatic rings. The molecule has 1 fully saturated rings. The van der Waals surface area contributed by atoms with Gasteiger partial charge >= 0.3 is 6.61 Å². The number of ether oxygens (including phenoxy) is 1. The van der Waals surface area contributed by atoms with E-state index in [-0.39, 0.29) is 22.8 Å². The topological polar surface area (TPSA) is 43.3 Å². The van der Waals surface area contributed by atoms with E-state index in [0.29, 0.717) is 22.0 Å². The molecule has 0 saturated heterocycles. The largest absolute Gasteiger partial charge is 0.432 e. The van der Waals surface area contributed by atoms with E-state index in [1.54, 1.807) is 25.3 Å². The fourth-order valence-corrected chi connectivity index (χ4v) is 4.63. The molecule has 1 aliphatic carbocycles. The highest BCUT2D eigenvalue weighted by Gasteiger charge is 2.29. The smallest absolute Gasteiger partial charge is 0.387 e. The van der Waals surface area contributed by atoms with Gasteiger partial charge in [0.2, 0.25) is 0 Å². The van der Waals surface area contributed by atoms with Crippen LogP contribution in [0.4, 0.5) is 8.78 Å². The van der Waals surface area contributed by atoms with Crippen molar-refractivity contribution in [3.63, 3.8) is 0 Å². The van der Waals surface area contributed by atoms with Crippen LogP contribution in [0.1, 0.15) is 49.4 Å². The van der Waals surface area contributed by atoms with Gasteiger partial charge in [-0.1, -0.05) is 12.1 Å². The quantitative estimate of drug-likeness (QED) is 0.615. The third-order valence-electron chi connectivity index (χ3n) is 6.38. The van der Waals surface area contributed by atoms with Crippen LogP contribution in [0.25, 0.3) is 22.0 Å². The van der Waals surface area contributed by atoms with E-state index in [2.05, 4.69) is 25.2 Å². The highest BCUT2D eigenvalue weighted by Crippen LogP contribution is 2.43. The lowest BCUT2D eigenvalue weighted by atomic mass is 9.86. The zero-order valence-electron chi connectivity index (χ0n) is 18.0. The molecule has 2 aliphatic rings. The highest BCUT2D eigenvalue weighted by atomic mass is 19.3. The van der Waals surface area contributed by atoms with Crippen LogP contribution in [0.3, 0.4) is 0 Å². The van der Waals surface area contributed by atoms with Crippen molar-refractivity contribution in [1.82, 2.24) is 9.88 Å². The monoisotopic (exact) mass is 424 g/mol. The van der Waals surface area contributed by atoms with Crippen LogP contribution in [0.15, 0.2) is 41.3 Å². The summed E-state index contributed by atoms with van der Waals surface area (Å²) in [5.41, 5.74) is 4.77. The predicted octanol–water partition coefficient (Wildman–Crippen LogP) is 5.34. The zero-order valence-corrected chi connectivity index (χ0v) is 18.0. The SMILES string of the molecule is Cc1cn(C2CC2)c2c(OC(F)F)c(-c3ccc4c(c3)CNC(C)(C)C4)ccc2c1=O. The molecule has 31 heavy (non-hydrogen) atoms. The molecule has 2 aromatic carbocycles. The van der Waals surface area contributed by atoms with Gasteiger partial charge in [-0.3, -0.25) is 4.79 Å². The molecule has 0 spiro atoms. The van der Waals surface area contributed by atoms with E-state index in [0.717, 1.165) is 36.9 Å². The van der Waals surface area contributed by atoms with Crippen molar-refractivity contribution in [2.24, 2.45) is 0 Å². The second-order valence-corrected chi connectivity index (χ2v) is 9.39. The van der Waals surface area contributed by atoms with Gasteiger partial charge in [-0.25, -0.2) is 0 Å². The lowest BCUT2D eigenvalue weighted by Gasteiger charge is -2.33. The summed E-state index contributed by atoms with van der Waals surface area (Å²) in [5.74, 6) is 0.0838. The fraction of sp³-hybridized carbons (Fsp3) is 0.400. The molecule has 0 unspecified atom stereocenters. The van der Waals surface area contributed by atoms with Crippen LogP contribution < -0.4 is 15.5 Å². The van der Waals surface area contributed by atoms with Gasteiger partial charge in [0.25, 0.3) is 0 Å². The Hall–Kier alpha value is -2.73. The summed E-state index contributed by atoms with van der Waals surface area (Å²) in [6, 6.07) is 9.79. The number of aromatic nitrogens is 1. The molecule has 162 valence electrons. The average Bonchev–Trinajstić information content (AvgIpc) is 3.54. The van der Waals surface area contributed by atoms with Gasteiger partial charge in [0, 0.05) is 40.8 Å². The number of nitrogens with one attached hydrogen (secondary N) is 1. The first-order valence-electron chi connectivity index (χ1n) is 10.7. The van der Waals surface area contributed by atoms with Crippen molar-refractivity contribution in [2.45, 2.75) is 64.8 Å². The van der Waals surface area contributed by atoms with Gasteiger partial charge in [-0.2, -0.15) is 8.78 Å². The van der Waals surface area contributed by atoms with Gasteiger partial charge in [0.1, 0.15) is 0 Å². The molecule has 0 amide bonds. The standard InChI is InChI=1S/C25H26F2N2O2/c1-14-13-29(18-6-7-18)21-20(22(14)30)9-8-19(23(21)31-24(26)27)15-4-5-16-11-25(2,3)28-12-17(16)10-15/h4-5,8-10,13,18,24,28H,6-7,11-12H2,1-3H3. The minimum atomic E-state index is -2.98. The second-order valence-electron chi connectivity index (χ2n) is 9.39. The van der Waals surface area contributed by atoms with Gasteiger partial charge in [0.15, 0.2) is 11.2 Å². The minimum Gasteiger partial charge on any atom is -0.432 e. The van der Waals surface area contributed by atoms with Crippen LogP contribution in [0.2, 0.25) is 0 Å². The van der Waals surface area contributed by atoms with E-state index in [9.17, 15) is 13.6 Å². The number of hydrogen-bond donors (Lipinski definition) is 1. The molecule has 6 heteroatoms. The fourth-order valence-electron chi connectivity index (χ4n) is 4.63. The highest BCUT2D eigenvalue weighted by molar-refractivity contribution is 5.93. The van der Waals surface area contributed by atoms with Crippen molar-refractivity contribution >= 4 is 10.9 Å². The van der Waals surface area contributed by atoms with Gasteiger partial charge in [0.05, 0.1) is 5.52 Å². The lowest BCUT2D eigenvalue weighted by Crippen LogP contribution is -2.44. The lowest BCUT2D eigenvalue weighted by molar-refractivity contribution is -0.0486. The number of hydrogen-bond acceptors (Lipinski definition) is 3. The van der Waals surface area contributed by atoms with Crippen molar-refractivity contribution in [3.8, 4) is 16.9 Å². The van der Waals surface area contributed by atoms with Gasteiger partial charge < -0.3 is 14.6 Å². The Bertz CT molecular complexity index is 1240. The van der Waals surface area contributed by atoms with E-state index < -0.39 is 6.61 Å². The summed E-state index contributed by atoms with van der Waals surface area (Å²) in [7, 11) is 0. The maximum absolute atomic E-state index is 13.5. The number of nitrogens with zero attached hydrogens (tertiary/aromatic N) is 1. The molecule has 0 bridgehead atoms. The van der Waals surface area contributed by atoms with Crippen LogP contribution in [0.5, 0.6) is 5.75 Å². The Morgan fingerprint density at radius 3 is 2.65 bits per heavy atom. The molecule has 5 rings (SSSR count). The first-order valence-corrected chi connectivity index (χ1v) is 10.7. The molecule has 4 nitrogen and oxygen atoms in total. The summed E-state index contributed by atoms with van der Waals surface area (Å²) >= 11 is 0. The average molecular weight is 424 g/mol. The Kier molecular flexibility index (Phi) is 4.66. The maximum atomic E-state index is 13.5. The third kappa shape index (κ3) is 3.63. The number of alkyl halides is 2. The Balaban J connectivity index is 1.74. The van der Waals surface area contributed by atoms with Crippen molar-refractivity contribution in [2.75, 3.05) is 0 Å². The Morgan fingerprint density at radius 1 is 1.16 bits per heavy atom. The second kappa shape index (κ2) is 7.16. The van der Waals surface area contributed by atoms with Crippen LogP contribution in [0, 0.1) is 6.92 Å². The van der Waals surface area contributed by atoms with E-state index in [1.165, 1.54) is 5.56 Å². The normalized spacial score (nSPS) is 17.7. The number of rotatable bonds is 4. The molecule has 1 N–H and O–H groups in total. The number of aryl methyl sites for hydroxylation is 1. The van der Waals surface area contributed by atoms with Crippen molar-refractivity contribution in [1.29, 1.82) is 0 Å². The van der Waals surface area contributed by atoms with Gasteiger partial charge in [-0.05, 0) is 74.9 Å². The summed E-state index contributed by atoms with van der Waals surface area (Å²) in [5, 5.41) is 3.94. The van der Waals surface area contributed by atoms with Gasteiger partial charge in [-0.15, -0.1) is 0 Å². The molecular weight excluding hydrogens is 398 g/mol. The Morgan fingerprint density at radius 2 is 1.94 bits per heavy atom. The minimum absolute atomic E-state index is 0.0274. The van der Waals surface area contributed by atoms with Crippen molar-refractivity contribution in [3.05, 3.63) is 63.4 Å². The maximum Gasteiger partial charge on any atom is 0.387 e. The molecule has 0 radical (unpaired) electrons.